The summed E-state index contributed by atoms with van der Waals surface area (Å²) in [7, 11) is 1.40. The van der Waals surface area contributed by atoms with E-state index in [1.54, 1.807) is 0 Å². The van der Waals surface area contributed by atoms with E-state index in [0.717, 1.165) is 0 Å². The van der Waals surface area contributed by atoms with Crippen molar-refractivity contribution in [3.8, 4) is 0 Å². The van der Waals surface area contributed by atoms with Gasteiger partial charge < -0.3 is 5.32 Å². The van der Waals surface area contributed by atoms with Gasteiger partial charge in [-0.15, -0.1) is 12.6 Å². The average Bonchev–Trinajstić information content (AvgIpc) is 2.16. The smallest absolute Gasteiger partial charge is 0.323 e. The van der Waals surface area contributed by atoms with Crippen molar-refractivity contribution in [3.05, 3.63) is 0 Å². The molecule has 0 saturated heterocycles. The van der Waals surface area contributed by atoms with E-state index in [-0.39, 0.29) is 5.71 Å². The van der Waals surface area contributed by atoms with Crippen LogP contribution in [-0.4, -0.2) is 24.4 Å². The maximum atomic E-state index is 13.1. The molecule has 1 amide bonds. The zero-order valence-electron chi connectivity index (χ0n) is 9.37. The Labute approximate surface area is 94.7 Å². The Balaban J connectivity index is 4.74. The summed E-state index contributed by atoms with van der Waals surface area (Å²) >= 11 is 3.66. The Hall–Kier alpha value is -0.780. The number of carbonyl (C=O) groups excluding carboxylic acids is 1. The molecule has 0 aromatic carbocycles. The highest BCUT2D eigenvalue weighted by atomic mass is 32.1. The largest absolute Gasteiger partial charge is 0.433 e. The van der Waals surface area contributed by atoms with Crippen LogP contribution in [-0.2, 0) is 4.84 Å². The molecule has 1 atom stereocenters. The summed E-state index contributed by atoms with van der Waals surface area (Å²) in [5.74, 6) is 0. The minimum atomic E-state index is -1.54. The first-order valence-corrected chi connectivity index (χ1v) is 5.16. The number of oxime groups is 1. The predicted octanol–water partition coefficient (Wildman–Crippen LogP) is 2.36. The molecule has 0 rings (SSSR count). The van der Waals surface area contributed by atoms with Crippen LogP contribution in [0.25, 0.3) is 0 Å². The van der Waals surface area contributed by atoms with E-state index in [0.29, 0.717) is 6.42 Å². The van der Waals surface area contributed by atoms with Gasteiger partial charge in [-0.2, -0.15) is 0 Å². The topological polar surface area (TPSA) is 50.7 Å². The highest BCUT2D eigenvalue weighted by molar-refractivity contribution is 7.81. The van der Waals surface area contributed by atoms with Crippen molar-refractivity contribution in [1.29, 1.82) is 0 Å². The summed E-state index contributed by atoms with van der Waals surface area (Å²) < 4.78 is 13.1. The molecule has 1 N–H and O–H groups in total. The minimum Gasteiger partial charge on any atom is -0.323 e. The van der Waals surface area contributed by atoms with Crippen LogP contribution in [0.15, 0.2) is 5.16 Å². The molecule has 0 spiro atoms. The van der Waals surface area contributed by atoms with Crippen molar-refractivity contribution in [2.75, 3.05) is 7.05 Å². The van der Waals surface area contributed by atoms with Gasteiger partial charge >= 0.3 is 6.09 Å². The number of amides is 1. The minimum absolute atomic E-state index is 0.108. The third-order valence-electron chi connectivity index (χ3n) is 2.23. The zero-order valence-corrected chi connectivity index (χ0v) is 10.3. The molecule has 15 heavy (non-hydrogen) atoms. The van der Waals surface area contributed by atoms with Crippen molar-refractivity contribution in [2.24, 2.45) is 10.6 Å². The summed E-state index contributed by atoms with van der Waals surface area (Å²) in [5.41, 5.74) is -1.92. The van der Waals surface area contributed by atoms with Crippen molar-refractivity contribution in [3.63, 3.8) is 0 Å². The van der Waals surface area contributed by atoms with Gasteiger partial charge in [0.1, 0.15) is 5.71 Å². The van der Waals surface area contributed by atoms with Gasteiger partial charge in [-0.1, -0.05) is 25.9 Å². The Morgan fingerprint density at radius 1 is 1.67 bits per heavy atom. The van der Waals surface area contributed by atoms with Gasteiger partial charge in [0.05, 0.1) is 0 Å². The lowest BCUT2D eigenvalue weighted by atomic mass is 9.85. The van der Waals surface area contributed by atoms with E-state index >= 15 is 0 Å². The van der Waals surface area contributed by atoms with E-state index in [4.69, 9.17) is 0 Å². The second-order valence-electron chi connectivity index (χ2n) is 3.68. The second kappa shape index (κ2) is 5.95. The molecule has 0 saturated carbocycles. The fraction of sp³-hybridized carbons (Fsp3) is 0.778. The normalized spacial score (nSPS) is 14.7. The Kier molecular flexibility index (Phi) is 5.64. The summed E-state index contributed by atoms with van der Waals surface area (Å²) in [4.78, 5) is 15.2. The number of hydrogen-bond donors (Lipinski definition) is 2. The summed E-state index contributed by atoms with van der Waals surface area (Å²) in [6.07, 6.45) is -0.0578. The van der Waals surface area contributed by atoms with Crippen LogP contribution in [0.5, 0.6) is 0 Å². The van der Waals surface area contributed by atoms with Crippen molar-refractivity contribution < 1.29 is 14.0 Å². The van der Waals surface area contributed by atoms with Gasteiger partial charge in [0.15, 0.2) is 5.50 Å². The van der Waals surface area contributed by atoms with E-state index in [2.05, 4.69) is 27.9 Å². The fourth-order valence-corrected chi connectivity index (χ4v) is 1.20. The number of nitrogens with zero attached hydrogens (tertiary/aromatic N) is 1. The van der Waals surface area contributed by atoms with E-state index in [1.165, 1.54) is 7.05 Å². The Bertz CT molecular complexity index is 254. The number of carbonyl (C=O) groups is 1. The molecule has 1 unspecified atom stereocenters. The van der Waals surface area contributed by atoms with Gasteiger partial charge in [-0.3, -0.25) is 4.84 Å². The molecule has 0 aliphatic heterocycles. The van der Waals surface area contributed by atoms with Crippen molar-refractivity contribution in [1.82, 2.24) is 5.32 Å². The van der Waals surface area contributed by atoms with Gasteiger partial charge in [0.25, 0.3) is 0 Å². The molecule has 0 aromatic rings. The monoisotopic (exact) mass is 236 g/mol. The zero-order chi connectivity index (χ0) is 12.1. The van der Waals surface area contributed by atoms with Gasteiger partial charge in [0.2, 0.25) is 0 Å². The molecule has 0 aliphatic rings. The van der Waals surface area contributed by atoms with Crippen LogP contribution in [0.1, 0.15) is 27.2 Å². The standard InChI is InChI=1S/C9H17FN2O2S/c1-5-9(2,3)6(7(10)15)12-14-8(13)11-4/h7,15H,5H2,1-4H3,(H,11,13). The second-order valence-corrected chi connectivity index (χ2v) is 4.13. The molecule has 0 heterocycles. The maximum absolute atomic E-state index is 13.1. The molecule has 4 nitrogen and oxygen atoms in total. The highest BCUT2D eigenvalue weighted by Gasteiger charge is 2.29. The summed E-state index contributed by atoms with van der Waals surface area (Å²) in [6.45, 7) is 5.51. The molecular formula is C9H17FN2O2S. The molecule has 0 aliphatic carbocycles. The average molecular weight is 236 g/mol. The van der Waals surface area contributed by atoms with Crippen LogP contribution in [0.2, 0.25) is 0 Å². The van der Waals surface area contributed by atoms with Gasteiger partial charge in [0, 0.05) is 12.5 Å². The van der Waals surface area contributed by atoms with Crippen LogP contribution in [0.3, 0.4) is 0 Å². The molecule has 0 radical (unpaired) electrons. The van der Waals surface area contributed by atoms with Crippen LogP contribution in [0, 0.1) is 5.41 Å². The quantitative estimate of drug-likeness (QED) is 0.341. The lowest BCUT2D eigenvalue weighted by Crippen LogP contribution is -2.30. The number of rotatable bonds is 4. The lowest BCUT2D eigenvalue weighted by Gasteiger charge is -2.24. The fourth-order valence-electron chi connectivity index (χ4n) is 0.807. The first-order chi connectivity index (χ1) is 6.85. The number of nitrogens with one attached hydrogen (secondary N) is 1. The molecule has 0 bridgehead atoms. The lowest BCUT2D eigenvalue weighted by molar-refractivity contribution is 0.150. The first-order valence-electron chi connectivity index (χ1n) is 4.64. The third kappa shape index (κ3) is 4.51. The Morgan fingerprint density at radius 3 is 2.53 bits per heavy atom. The SMILES string of the molecule is CCC(C)(C)C(=NOC(=O)NC)C(F)S. The van der Waals surface area contributed by atoms with Crippen molar-refractivity contribution >= 4 is 24.4 Å². The highest BCUT2D eigenvalue weighted by Crippen LogP contribution is 2.26. The molecular weight excluding hydrogens is 219 g/mol. The van der Waals surface area contributed by atoms with E-state index < -0.39 is 17.0 Å². The number of halogens is 1. The number of hydrogen-bond acceptors (Lipinski definition) is 4. The van der Waals surface area contributed by atoms with Crippen molar-refractivity contribution in [2.45, 2.75) is 32.7 Å². The number of alkyl halides is 1. The Morgan fingerprint density at radius 2 is 2.20 bits per heavy atom. The predicted molar refractivity (Wildman–Crippen MR) is 60.9 cm³/mol. The van der Waals surface area contributed by atoms with E-state index in [9.17, 15) is 9.18 Å². The van der Waals surface area contributed by atoms with E-state index in [1.807, 2.05) is 20.8 Å². The summed E-state index contributed by atoms with van der Waals surface area (Å²) in [5, 5.41) is 5.70. The molecule has 0 fully saturated rings. The van der Waals surface area contributed by atoms with Crippen LogP contribution >= 0.6 is 12.6 Å². The van der Waals surface area contributed by atoms with Crippen LogP contribution < -0.4 is 5.32 Å². The van der Waals surface area contributed by atoms with Crippen LogP contribution in [0.4, 0.5) is 9.18 Å². The van der Waals surface area contributed by atoms with Gasteiger partial charge in [-0.05, 0) is 6.42 Å². The number of thiol groups is 1. The molecule has 88 valence electrons. The van der Waals surface area contributed by atoms with Gasteiger partial charge in [-0.25, -0.2) is 9.18 Å². The maximum Gasteiger partial charge on any atom is 0.433 e. The first kappa shape index (κ1) is 14.2. The third-order valence-corrected chi connectivity index (χ3v) is 2.48. The molecule has 6 heteroatoms. The summed E-state index contributed by atoms with van der Waals surface area (Å²) in [6, 6.07) is 0. The molecule has 0 aromatic heterocycles.